The van der Waals surface area contributed by atoms with Gasteiger partial charge in [0.05, 0.1) is 0 Å². The Morgan fingerprint density at radius 3 is 2.79 bits per heavy atom. The summed E-state index contributed by atoms with van der Waals surface area (Å²) in [6, 6.07) is 3.71. The van der Waals surface area contributed by atoms with Gasteiger partial charge in [-0.25, -0.2) is 0 Å². The molecule has 0 bridgehead atoms. The van der Waals surface area contributed by atoms with Crippen LogP contribution in [0.25, 0.3) is 11.4 Å². The summed E-state index contributed by atoms with van der Waals surface area (Å²) in [6.07, 6.45) is 11.4. The lowest BCUT2D eigenvalue weighted by Gasteiger charge is -2.37. The molecule has 0 aliphatic carbocycles. The van der Waals surface area contributed by atoms with E-state index >= 15 is 0 Å². The number of aryl methyl sites for hydroxylation is 1. The number of likely N-dealkylation sites (tertiary alicyclic amines) is 1. The number of nitrogens with one attached hydrogen (secondary N) is 1. The number of piperidine rings is 1. The van der Waals surface area contributed by atoms with Gasteiger partial charge in [0, 0.05) is 43.9 Å². The summed E-state index contributed by atoms with van der Waals surface area (Å²) in [7, 11) is 0. The van der Waals surface area contributed by atoms with E-state index in [2.05, 4.69) is 25.3 Å². The van der Waals surface area contributed by atoms with Crippen LogP contribution >= 0.6 is 0 Å². The minimum atomic E-state index is 0.264. The molecule has 4 rings (SSSR count). The number of hydrogen-bond donors (Lipinski definition) is 1. The quantitative estimate of drug-likeness (QED) is 0.855. The Hall–Kier alpha value is -2.28. The van der Waals surface area contributed by atoms with Gasteiger partial charge in [0.1, 0.15) is 0 Å². The maximum atomic E-state index is 12.7. The number of carbonyl (C=O) groups is 1. The van der Waals surface area contributed by atoms with Crippen LogP contribution in [0.4, 0.5) is 0 Å². The molecule has 7 nitrogen and oxygen atoms in total. The van der Waals surface area contributed by atoms with Crippen molar-refractivity contribution < 1.29 is 9.32 Å². The Balaban J connectivity index is 1.24. The first-order valence-corrected chi connectivity index (χ1v) is 10.5. The second-order valence-electron chi connectivity index (χ2n) is 8.09. The lowest BCUT2D eigenvalue weighted by Crippen LogP contribution is -2.38. The molecule has 2 aromatic rings. The first kappa shape index (κ1) is 19.1. The minimum Gasteiger partial charge on any atom is -0.343 e. The third kappa shape index (κ3) is 4.58. The van der Waals surface area contributed by atoms with Crippen LogP contribution in [0.2, 0.25) is 0 Å². The third-order valence-corrected chi connectivity index (χ3v) is 6.25. The molecule has 28 heavy (non-hydrogen) atoms. The van der Waals surface area contributed by atoms with Gasteiger partial charge >= 0.3 is 0 Å². The van der Waals surface area contributed by atoms with Crippen molar-refractivity contribution in [3.8, 4) is 11.4 Å². The van der Waals surface area contributed by atoms with E-state index in [1.165, 1.54) is 19.3 Å². The summed E-state index contributed by atoms with van der Waals surface area (Å²) in [5.74, 6) is 1.42. The Morgan fingerprint density at radius 1 is 1.14 bits per heavy atom. The zero-order valence-corrected chi connectivity index (χ0v) is 16.4. The maximum absolute atomic E-state index is 12.7. The molecule has 0 radical (unpaired) electrons. The van der Waals surface area contributed by atoms with E-state index in [4.69, 9.17) is 4.52 Å². The summed E-state index contributed by atoms with van der Waals surface area (Å²) in [5.41, 5.74) is 1.35. The van der Waals surface area contributed by atoms with Crippen molar-refractivity contribution in [1.82, 2.24) is 25.3 Å². The fourth-order valence-electron chi connectivity index (χ4n) is 4.48. The van der Waals surface area contributed by atoms with Gasteiger partial charge in [-0.2, -0.15) is 4.98 Å². The average Bonchev–Trinajstić information content (AvgIpc) is 3.11. The van der Waals surface area contributed by atoms with Crippen LogP contribution in [0.15, 0.2) is 29.0 Å². The van der Waals surface area contributed by atoms with Crippen LogP contribution < -0.4 is 5.32 Å². The van der Waals surface area contributed by atoms with E-state index in [9.17, 15) is 4.79 Å². The molecule has 2 saturated heterocycles. The molecule has 0 aromatic carbocycles. The largest absolute Gasteiger partial charge is 0.343 e. The van der Waals surface area contributed by atoms with Gasteiger partial charge in [-0.05, 0) is 69.2 Å². The van der Waals surface area contributed by atoms with E-state index in [-0.39, 0.29) is 5.91 Å². The van der Waals surface area contributed by atoms with Gasteiger partial charge in [0.15, 0.2) is 0 Å². The number of amides is 1. The molecule has 2 aromatic heterocycles. The monoisotopic (exact) mass is 383 g/mol. The average molecular weight is 383 g/mol. The standard InChI is InChI=1S/C21H29N5O2/c27-19(26-15-2-7-21(10-16-26)8-13-23-14-9-21)4-1-3-18-24-20(25-28-18)17-5-11-22-12-6-17/h5-6,11-12,23H,1-4,7-10,13-16H2. The topological polar surface area (TPSA) is 84.1 Å². The highest BCUT2D eigenvalue weighted by atomic mass is 16.5. The fraction of sp³-hybridized carbons (Fsp3) is 0.619. The molecule has 2 aliphatic rings. The fourth-order valence-corrected chi connectivity index (χ4v) is 4.48. The SMILES string of the molecule is O=C(CCCc1nc(-c2ccncc2)no1)N1CCCC2(CCNCC2)CC1. The highest BCUT2D eigenvalue weighted by Gasteiger charge is 2.34. The third-order valence-electron chi connectivity index (χ3n) is 6.25. The summed E-state index contributed by atoms with van der Waals surface area (Å²) in [5, 5.41) is 7.48. The Bertz CT molecular complexity index is 770. The van der Waals surface area contributed by atoms with Crippen molar-refractivity contribution in [2.24, 2.45) is 5.41 Å². The van der Waals surface area contributed by atoms with Gasteiger partial charge in [-0.1, -0.05) is 5.16 Å². The molecule has 4 heterocycles. The molecule has 2 aliphatic heterocycles. The van der Waals surface area contributed by atoms with E-state index < -0.39 is 0 Å². The van der Waals surface area contributed by atoms with Gasteiger partial charge < -0.3 is 14.7 Å². The van der Waals surface area contributed by atoms with Crippen molar-refractivity contribution in [2.75, 3.05) is 26.2 Å². The smallest absolute Gasteiger partial charge is 0.226 e. The van der Waals surface area contributed by atoms with Crippen LogP contribution in [-0.2, 0) is 11.2 Å². The van der Waals surface area contributed by atoms with E-state index in [0.717, 1.165) is 51.0 Å². The molecular weight excluding hydrogens is 354 g/mol. The maximum Gasteiger partial charge on any atom is 0.226 e. The highest BCUT2D eigenvalue weighted by molar-refractivity contribution is 5.76. The molecule has 1 spiro atoms. The number of pyridine rings is 1. The number of hydrogen-bond acceptors (Lipinski definition) is 6. The molecule has 0 unspecified atom stereocenters. The molecule has 0 saturated carbocycles. The summed E-state index contributed by atoms with van der Waals surface area (Å²) in [4.78, 5) is 23.2. The molecule has 7 heteroatoms. The summed E-state index contributed by atoms with van der Waals surface area (Å²) >= 11 is 0. The zero-order valence-electron chi connectivity index (χ0n) is 16.4. The van der Waals surface area contributed by atoms with Crippen LogP contribution in [0.5, 0.6) is 0 Å². The van der Waals surface area contributed by atoms with Crippen molar-refractivity contribution in [3.05, 3.63) is 30.4 Å². The van der Waals surface area contributed by atoms with Gasteiger partial charge in [0.2, 0.25) is 17.6 Å². The van der Waals surface area contributed by atoms with Crippen molar-refractivity contribution in [1.29, 1.82) is 0 Å². The predicted octanol–water partition coefficient (Wildman–Crippen LogP) is 2.84. The number of nitrogens with zero attached hydrogens (tertiary/aromatic N) is 4. The second kappa shape index (κ2) is 8.82. The van der Waals surface area contributed by atoms with Crippen LogP contribution in [-0.4, -0.2) is 52.1 Å². The van der Waals surface area contributed by atoms with Crippen LogP contribution in [0.3, 0.4) is 0 Å². The number of rotatable bonds is 5. The highest BCUT2D eigenvalue weighted by Crippen LogP contribution is 2.39. The van der Waals surface area contributed by atoms with Gasteiger partial charge in [0.25, 0.3) is 0 Å². The second-order valence-corrected chi connectivity index (χ2v) is 8.09. The molecular formula is C21H29N5O2. The molecule has 0 atom stereocenters. The van der Waals surface area contributed by atoms with E-state index in [1.807, 2.05) is 12.1 Å². The lowest BCUT2D eigenvalue weighted by atomic mass is 9.73. The number of carbonyl (C=O) groups excluding carboxylic acids is 1. The van der Waals surface area contributed by atoms with Crippen LogP contribution in [0.1, 0.15) is 50.8 Å². The Morgan fingerprint density at radius 2 is 1.96 bits per heavy atom. The predicted molar refractivity (Wildman–Crippen MR) is 105 cm³/mol. The van der Waals surface area contributed by atoms with E-state index in [1.54, 1.807) is 12.4 Å². The summed E-state index contributed by atoms with van der Waals surface area (Å²) < 4.78 is 5.33. The molecule has 1 N–H and O–H groups in total. The zero-order chi connectivity index (χ0) is 19.2. The first-order valence-electron chi connectivity index (χ1n) is 10.5. The summed E-state index contributed by atoms with van der Waals surface area (Å²) in [6.45, 7) is 4.06. The Kier molecular flexibility index (Phi) is 6.00. The Labute approximate surface area is 165 Å². The molecule has 1 amide bonds. The van der Waals surface area contributed by atoms with Crippen LogP contribution in [0, 0.1) is 5.41 Å². The first-order chi connectivity index (χ1) is 13.7. The normalized spacial score (nSPS) is 19.5. The van der Waals surface area contributed by atoms with Gasteiger partial charge in [-0.3, -0.25) is 9.78 Å². The molecule has 2 fully saturated rings. The lowest BCUT2D eigenvalue weighted by molar-refractivity contribution is -0.131. The van der Waals surface area contributed by atoms with E-state index in [0.29, 0.717) is 30.0 Å². The van der Waals surface area contributed by atoms with Crippen molar-refractivity contribution in [2.45, 2.75) is 51.4 Å². The van der Waals surface area contributed by atoms with Crippen molar-refractivity contribution >= 4 is 5.91 Å². The van der Waals surface area contributed by atoms with Gasteiger partial charge in [-0.15, -0.1) is 0 Å². The number of aromatic nitrogens is 3. The molecule has 150 valence electrons. The van der Waals surface area contributed by atoms with Crippen molar-refractivity contribution in [3.63, 3.8) is 0 Å². The minimum absolute atomic E-state index is 0.264.